The summed E-state index contributed by atoms with van der Waals surface area (Å²) in [5.74, 6) is -2.02. The molecule has 0 bridgehead atoms. The summed E-state index contributed by atoms with van der Waals surface area (Å²) in [4.78, 5) is 14.1. The number of hydrogen-bond donors (Lipinski definition) is 4. The Morgan fingerprint density at radius 3 is 2.41 bits per heavy atom. The molecule has 1 heterocycles. The Morgan fingerprint density at radius 1 is 0.865 bits per heavy atom. The molecule has 0 saturated heterocycles. The quantitative estimate of drug-likeness (QED) is 0.186. The molecule has 4 aromatic carbocycles. The van der Waals surface area contributed by atoms with E-state index in [4.69, 9.17) is 0 Å². The van der Waals surface area contributed by atoms with Crippen molar-refractivity contribution in [2.24, 2.45) is 10.2 Å². The van der Waals surface area contributed by atoms with Gasteiger partial charge in [0.25, 0.3) is 0 Å². The zero-order chi connectivity index (χ0) is 26.3. The molecule has 5 rings (SSSR count). The van der Waals surface area contributed by atoms with Crippen molar-refractivity contribution in [1.29, 1.82) is 0 Å². The summed E-state index contributed by atoms with van der Waals surface area (Å²) >= 11 is 0. The van der Waals surface area contributed by atoms with E-state index < -0.39 is 11.8 Å². The van der Waals surface area contributed by atoms with Gasteiger partial charge in [0.05, 0.1) is 11.1 Å². The van der Waals surface area contributed by atoms with Crippen LogP contribution in [0.3, 0.4) is 0 Å². The maximum Gasteiger partial charge on any atom is 0.335 e. The van der Waals surface area contributed by atoms with Crippen molar-refractivity contribution in [2.45, 2.75) is 13.8 Å². The van der Waals surface area contributed by atoms with E-state index in [1.54, 1.807) is 24.3 Å². The Balaban J connectivity index is 1.58. The van der Waals surface area contributed by atoms with Crippen molar-refractivity contribution < 1.29 is 24.5 Å². The van der Waals surface area contributed by atoms with Crippen LogP contribution in [-0.2, 0) is 0 Å². The van der Waals surface area contributed by atoms with Gasteiger partial charge in [-0.15, -0.1) is 10.2 Å². The molecule has 0 radical (unpaired) electrons. The number of aromatic nitrogens is 1. The molecule has 0 aliphatic carbocycles. The highest BCUT2D eigenvalue weighted by Gasteiger charge is 2.19. The number of rotatable bonds is 5. The van der Waals surface area contributed by atoms with Crippen molar-refractivity contribution in [2.75, 3.05) is 0 Å². The molecule has 0 atom stereocenters. The zero-order valence-corrected chi connectivity index (χ0v) is 20.0. The molecule has 4 N–H and O–H groups in total. The minimum absolute atomic E-state index is 0.0828. The van der Waals surface area contributed by atoms with Gasteiger partial charge in [-0.2, -0.15) is 0 Å². The summed E-state index contributed by atoms with van der Waals surface area (Å²) in [5.41, 5.74) is 4.59. The highest BCUT2D eigenvalue weighted by atomic mass is 19.1. The second kappa shape index (κ2) is 9.23. The number of hydrogen-bond acceptors (Lipinski definition) is 5. The molecule has 0 saturated carbocycles. The van der Waals surface area contributed by atoms with Gasteiger partial charge < -0.3 is 20.3 Å². The van der Waals surface area contributed by atoms with E-state index in [1.807, 2.05) is 32.0 Å². The summed E-state index contributed by atoms with van der Waals surface area (Å²) < 4.78 is 14.9. The van der Waals surface area contributed by atoms with Crippen LogP contribution in [0.5, 0.6) is 11.6 Å². The maximum absolute atomic E-state index is 14.9. The Hall–Kier alpha value is -4.98. The highest BCUT2D eigenvalue weighted by Crippen LogP contribution is 2.43. The monoisotopic (exact) mass is 495 g/mol. The molecular weight excluding hydrogens is 473 g/mol. The molecule has 37 heavy (non-hydrogen) atoms. The minimum atomic E-state index is -1.08. The number of fused-ring (bicyclic) bond motifs is 1. The third kappa shape index (κ3) is 4.29. The predicted molar refractivity (Wildman–Crippen MR) is 140 cm³/mol. The van der Waals surface area contributed by atoms with Crippen molar-refractivity contribution in [1.82, 2.24) is 4.98 Å². The number of aromatic hydroxyl groups is 2. The Bertz CT molecular complexity index is 1720. The van der Waals surface area contributed by atoms with E-state index in [0.29, 0.717) is 33.2 Å². The van der Waals surface area contributed by atoms with E-state index in [2.05, 4.69) is 15.2 Å². The lowest BCUT2D eigenvalue weighted by atomic mass is 9.98. The van der Waals surface area contributed by atoms with Crippen LogP contribution in [0.25, 0.3) is 33.2 Å². The van der Waals surface area contributed by atoms with Crippen molar-refractivity contribution >= 4 is 28.2 Å². The molecule has 0 aliphatic rings. The normalized spacial score (nSPS) is 11.4. The summed E-state index contributed by atoms with van der Waals surface area (Å²) in [7, 11) is 0. The van der Waals surface area contributed by atoms with E-state index >= 15 is 0 Å². The largest absolute Gasteiger partial charge is 0.505 e. The molecule has 0 unspecified atom stereocenters. The van der Waals surface area contributed by atoms with Crippen molar-refractivity contribution in [3.05, 3.63) is 95.3 Å². The van der Waals surface area contributed by atoms with E-state index in [9.17, 15) is 24.5 Å². The lowest BCUT2D eigenvalue weighted by molar-refractivity contribution is 0.0697. The zero-order valence-electron chi connectivity index (χ0n) is 20.0. The summed E-state index contributed by atoms with van der Waals surface area (Å²) in [6, 6.07) is 19.4. The van der Waals surface area contributed by atoms with Gasteiger partial charge in [-0.3, -0.25) is 0 Å². The molecule has 0 aliphatic heterocycles. The fraction of sp³-hybridized carbons (Fsp3) is 0.0690. The Labute approximate surface area is 211 Å². The number of para-hydroxylation sites is 1. The molecule has 1 aromatic heterocycles. The number of phenols is 1. The number of azo groups is 1. The maximum atomic E-state index is 14.9. The van der Waals surface area contributed by atoms with Gasteiger partial charge in [0.1, 0.15) is 11.5 Å². The summed E-state index contributed by atoms with van der Waals surface area (Å²) in [6.07, 6.45) is 0. The van der Waals surface area contributed by atoms with Crippen molar-refractivity contribution in [3.63, 3.8) is 0 Å². The molecule has 0 spiro atoms. The first-order valence-corrected chi connectivity index (χ1v) is 11.4. The van der Waals surface area contributed by atoms with Crippen LogP contribution < -0.4 is 0 Å². The third-order valence-electron chi connectivity index (χ3n) is 6.37. The van der Waals surface area contributed by atoms with Gasteiger partial charge in [-0.25, -0.2) is 9.18 Å². The second-order valence-corrected chi connectivity index (χ2v) is 8.73. The molecule has 0 amide bonds. The Kier molecular flexibility index (Phi) is 5.93. The number of halogens is 1. The molecular formula is C29H22FN3O4. The SMILES string of the molecule is Cc1ccc(-c2c(F)ccc3c(N=Nc4cccc(-c5cccc(C(=O)O)c5)c4O)c(O)[nH]c23)cc1C. The fourth-order valence-electron chi connectivity index (χ4n) is 4.26. The van der Waals surface area contributed by atoms with Crippen LogP contribution in [-0.4, -0.2) is 26.3 Å². The van der Waals surface area contributed by atoms with E-state index in [1.165, 1.54) is 30.3 Å². The van der Waals surface area contributed by atoms with Crippen LogP contribution in [0, 0.1) is 19.7 Å². The summed E-state index contributed by atoms with van der Waals surface area (Å²) in [6.45, 7) is 3.92. The smallest absolute Gasteiger partial charge is 0.335 e. The predicted octanol–water partition coefficient (Wildman–Crippen LogP) is 7.78. The van der Waals surface area contributed by atoms with Gasteiger partial charge in [0.2, 0.25) is 5.88 Å². The first kappa shape index (κ1) is 23.7. The second-order valence-electron chi connectivity index (χ2n) is 8.73. The van der Waals surface area contributed by atoms with E-state index in [-0.39, 0.29) is 28.6 Å². The molecule has 184 valence electrons. The number of carbonyl (C=O) groups is 1. The number of nitrogens with zero attached hydrogens (tertiary/aromatic N) is 2. The molecule has 0 fully saturated rings. The standard InChI is InChI=1S/C29H22FN3O4/c1-15-9-10-18(13-16(15)2)24-22(30)12-11-21-25(24)31-28(35)26(21)33-32-23-8-4-7-20(27(23)34)17-5-3-6-19(14-17)29(36)37/h3-14,31,34-35H,1-2H3,(H,36,37). The average molecular weight is 496 g/mol. The fourth-order valence-corrected chi connectivity index (χ4v) is 4.26. The summed E-state index contributed by atoms with van der Waals surface area (Å²) in [5, 5.41) is 39.5. The lowest BCUT2D eigenvalue weighted by Gasteiger charge is -2.08. The van der Waals surface area contributed by atoms with Gasteiger partial charge in [0.15, 0.2) is 11.4 Å². The number of aromatic amines is 1. The number of phenolic OH excluding ortho intramolecular Hbond substituents is 1. The van der Waals surface area contributed by atoms with Gasteiger partial charge in [-0.1, -0.05) is 42.5 Å². The van der Waals surface area contributed by atoms with E-state index in [0.717, 1.165) is 11.1 Å². The van der Waals surface area contributed by atoms with Crippen LogP contribution >= 0.6 is 0 Å². The minimum Gasteiger partial charge on any atom is -0.505 e. The first-order chi connectivity index (χ1) is 17.7. The van der Waals surface area contributed by atoms with Crippen molar-refractivity contribution in [3.8, 4) is 33.9 Å². The number of carboxylic acids is 1. The Morgan fingerprint density at radius 2 is 1.65 bits per heavy atom. The lowest BCUT2D eigenvalue weighted by Crippen LogP contribution is -1.95. The number of aryl methyl sites for hydroxylation is 2. The molecule has 8 heteroatoms. The number of H-pyrrole nitrogens is 1. The van der Waals surface area contributed by atoms with Crippen LogP contribution in [0.15, 0.2) is 83.0 Å². The van der Waals surface area contributed by atoms with Crippen LogP contribution in [0.2, 0.25) is 0 Å². The number of benzene rings is 4. The van der Waals surface area contributed by atoms with Crippen LogP contribution in [0.1, 0.15) is 21.5 Å². The average Bonchev–Trinajstić information content (AvgIpc) is 3.20. The molecule has 7 nitrogen and oxygen atoms in total. The third-order valence-corrected chi connectivity index (χ3v) is 6.37. The number of nitrogens with one attached hydrogen (secondary N) is 1. The topological polar surface area (TPSA) is 118 Å². The van der Waals surface area contributed by atoms with Crippen LogP contribution in [0.4, 0.5) is 15.8 Å². The highest BCUT2D eigenvalue weighted by molar-refractivity contribution is 6.03. The van der Waals surface area contributed by atoms with Gasteiger partial charge >= 0.3 is 5.97 Å². The van der Waals surface area contributed by atoms with Gasteiger partial charge in [-0.05, 0) is 66.4 Å². The molecule has 5 aromatic rings. The number of carboxylic acid groups (broad SMARTS) is 1. The number of aromatic carboxylic acids is 1. The first-order valence-electron chi connectivity index (χ1n) is 11.4. The van der Waals surface area contributed by atoms with Gasteiger partial charge in [0, 0.05) is 16.5 Å².